The van der Waals surface area contributed by atoms with Crippen molar-refractivity contribution in [2.45, 2.75) is 44.2 Å². The molecule has 132 valence electrons. The third-order valence-corrected chi connectivity index (χ3v) is 5.76. The summed E-state index contributed by atoms with van der Waals surface area (Å²) in [4.78, 5) is 0. The van der Waals surface area contributed by atoms with Crippen LogP contribution in [-0.4, -0.2) is 23.9 Å². The molecule has 0 aromatic heterocycles. The normalized spacial score (nSPS) is 18.6. The summed E-state index contributed by atoms with van der Waals surface area (Å²) in [5.74, 6) is 1.70. The molecular weight excluding hydrogens is 310 g/mol. The van der Waals surface area contributed by atoms with Gasteiger partial charge in [-0.3, -0.25) is 0 Å². The molecule has 0 aliphatic heterocycles. The first-order valence-corrected chi connectivity index (χ1v) is 9.41. The lowest BCUT2D eigenvalue weighted by Gasteiger charge is -2.28. The number of hydrogen-bond acceptors (Lipinski definition) is 3. The van der Waals surface area contributed by atoms with E-state index in [1.807, 2.05) is 6.07 Å². The molecule has 2 aliphatic carbocycles. The number of hydrogen-bond donors (Lipinski definition) is 2. The zero-order chi connectivity index (χ0) is 17.1. The average molecular weight is 337 g/mol. The van der Waals surface area contributed by atoms with E-state index in [-0.39, 0.29) is 12.1 Å². The van der Waals surface area contributed by atoms with Gasteiger partial charge in [0.2, 0.25) is 0 Å². The van der Waals surface area contributed by atoms with Crippen molar-refractivity contribution in [1.82, 2.24) is 5.32 Å². The second kappa shape index (κ2) is 7.19. The minimum absolute atomic E-state index is 0.152. The molecule has 0 bridgehead atoms. The summed E-state index contributed by atoms with van der Waals surface area (Å²) in [5.41, 5.74) is 3.66. The van der Waals surface area contributed by atoms with Crippen LogP contribution in [-0.2, 0) is 19.4 Å². The number of aliphatic hydroxyl groups is 1. The van der Waals surface area contributed by atoms with Crippen LogP contribution in [0.5, 0.6) is 5.75 Å². The maximum absolute atomic E-state index is 10.0. The Morgan fingerprint density at radius 3 is 2.44 bits per heavy atom. The molecule has 0 radical (unpaired) electrons. The van der Waals surface area contributed by atoms with Gasteiger partial charge in [0.05, 0.1) is 13.2 Å². The predicted molar refractivity (Wildman–Crippen MR) is 99.8 cm³/mol. The van der Waals surface area contributed by atoms with Crippen LogP contribution in [0.3, 0.4) is 0 Å². The number of rotatable bonds is 7. The van der Waals surface area contributed by atoms with Crippen LogP contribution < -0.4 is 10.1 Å². The highest BCUT2D eigenvalue weighted by Crippen LogP contribution is 2.30. The first-order chi connectivity index (χ1) is 12.3. The van der Waals surface area contributed by atoms with E-state index >= 15 is 0 Å². The Labute approximate surface area is 150 Å². The van der Waals surface area contributed by atoms with Crippen LogP contribution in [0.2, 0.25) is 0 Å². The van der Waals surface area contributed by atoms with Crippen LogP contribution >= 0.6 is 0 Å². The van der Waals surface area contributed by atoms with Gasteiger partial charge in [-0.2, -0.15) is 0 Å². The molecule has 0 heterocycles. The summed E-state index contributed by atoms with van der Waals surface area (Å²) in [6, 6.07) is 16.8. The smallest absolute Gasteiger partial charge is 0.119 e. The fourth-order valence-electron chi connectivity index (χ4n) is 3.90. The molecule has 0 unspecified atom stereocenters. The number of nitrogens with one attached hydrogen (secondary N) is 1. The quantitative estimate of drug-likeness (QED) is 0.813. The van der Waals surface area contributed by atoms with Gasteiger partial charge < -0.3 is 15.2 Å². The van der Waals surface area contributed by atoms with Crippen molar-refractivity contribution in [3.8, 4) is 5.75 Å². The third kappa shape index (κ3) is 3.73. The zero-order valence-corrected chi connectivity index (χ0v) is 14.7. The van der Waals surface area contributed by atoms with Gasteiger partial charge in [0, 0.05) is 12.1 Å². The molecule has 0 amide bonds. The summed E-state index contributed by atoms with van der Waals surface area (Å²) in [7, 11) is 0. The Kier molecular flexibility index (Phi) is 4.78. The van der Waals surface area contributed by atoms with Gasteiger partial charge >= 0.3 is 0 Å². The van der Waals surface area contributed by atoms with Crippen molar-refractivity contribution in [1.29, 1.82) is 0 Å². The zero-order valence-electron chi connectivity index (χ0n) is 14.7. The molecule has 3 heteroatoms. The Morgan fingerprint density at radius 1 is 1.04 bits per heavy atom. The van der Waals surface area contributed by atoms with E-state index in [0.717, 1.165) is 37.7 Å². The molecule has 2 N–H and O–H groups in total. The molecule has 4 rings (SSSR count). The molecule has 2 aromatic rings. The molecule has 0 spiro atoms. The van der Waals surface area contributed by atoms with E-state index in [1.165, 1.54) is 36.0 Å². The van der Waals surface area contributed by atoms with Gasteiger partial charge in [-0.15, -0.1) is 0 Å². The first kappa shape index (κ1) is 16.6. The largest absolute Gasteiger partial charge is 0.493 e. The minimum Gasteiger partial charge on any atom is -0.493 e. The van der Waals surface area contributed by atoms with E-state index < -0.39 is 0 Å². The van der Waals surface area contributed by atoms with Crippen LogP contribution in [0.15, 0.2) is 48.5 Å². The molecule has 25 heavy (non-hydrogen) atoms. The average Bonchev–Trinajstić information content (AvgIpc) is 2.98. The van der Waals surface area contributed by atoms with E-state index in [9.17, 15) is 5.11 Å². The predicted octanol–water partition coefficient (Wildman–Crippen LogP) is 3.49. The van der Waals surface area contributed by atoms with E-state index in [2.05, 4.69) is 47.8 Å². The van der Waals surface area contributed by atoms with Crippen LogP contribution in [0.4, 0.5) is 0 Å². The molecule has 0 saturated heterocycles. The molecular formula is C22H27NO2. The maximum atomic E-state index is 10.0. The van der Waals surface area contributed by atoms with Crippen LogP contribution in [0.25, 0.3) is 0 Å². The van der Waals surface area contributed by atoms with Crippen molar-refractivity contribution in [3.63, 3.8) is 0 Å². The Balaban J connectivity index is 1.37. The van der Waals surface area contributed by atoms with Crippen molar-refractivity contribution in [2.24, 2.45) is 5.92 Å². The monoisotopic (exact) mass is 337 g/mol. The van der Waals surface area contributed by atoms with Crippen LogP contribution in [0, 0.1) is 5.92 Å². The highest BCUT2D eigenvalue weighted by atomic mass is 16.5. The van der Waals surface area contributed by atoms with E-state index in [4.69, 9.17) is 4.74 Å². The number of ether oxygens (including phenoxy) is 1. The summed E-state index contributed by atoms with van der Waals surface area (Å²) < 4.78 is 5.95. The van der Waals surface area contributed by atoms with Crippen molar-refractivity contribution < 1.29 is 9.84 Å². The van der Waals surface area contributed by atoms with Gasteiger partial charge in [-0.1, -0.05) is 42.8 Å². The molecule has 2 aliphatic rings. The van der Waals surface area contributed by atoms with Crippen LogP contribution in [0.1, 0.15) is 36.0 Å². The number of fused-ring (bicyclic) bond motifs is 1. The second-order valence-corrected chi connectivity index (χ2v) is 7.67. The fraction of sp³-hybridized carbons (Fsp3) is 0.455. The van der Waals surface area contributed by atoms with Gasteiger partial charge in [0.25, 0.3) is 0 Å². The Bertz CT molecular complexity index is 698. The molecule has 1 fully saturated rings. The molecule has 2 aromatic carbocycles. The van der Waals surface area contributed by atoms with Gasteiger partial charge in [-0.25, -0.2) is 0 Å². The number of aliphatic hydroxyl groups excluding tert-OH is 1. The maximum Gasteiger partial charge on any atom is 0.119 e. The van der Waals surface area contributed by atoms with Gasteiger partial charge in [0.1, 0.15) is 5.75 Å². The standard InChI is InChI=1S/C22H27NO2/c24-16-22(12-19-8-1-2-9-20(19)13-22)23-14-18-7-4-10-21(11-18)25-15-17-5-3-6-17/h1-2,4,7-11,17,23-24H,3,5-6,12-16H2. The summed E-state index contributed by atoms with van der Waals surface area (Å²) in [6.45, 7) is 1.74. The van der Waals surface area contributed by atoms with Crippen molar-refractivity contribution >= 4 is 0 Å². The van der Waals surface area contributed by atoms with Gasteiger partial charge in [0.15, 0.2) is 0 Å². The summed E-state index contributed by atoms with van der Waals surface area (Å²) in [6.07, 6.45) is 5.74. The highest BCUT2D eigenvalue weighted by Gasteiger charge is 2.36. The Hall–Kier alpha value is -1.84. The lowest BCUT2D eigenvalue weighted by molar-refractivity contribution is 0.165. The van der Waals surface area contributed by atoms with Gasteiger partial charge in [-0.05, 0) is 60.4 Å². The first-order valence-electron chi connectivity index (χ1n) is 9.41. The summed E-state index contributed by atoms with van der Waals surface area (Å²) in [5, 5.41) is 13.6. The molecule has 1 saturated carbocycles. The number of benzene rings is 2. The molecule has 3 nitrogen and oxygen atoms in total. The topological polar surface area (TPSA) is 41.5 Å². The van der Waals surface area contributed by atoms with E-state index in [1.54, 1.807) is 0 Å². The lowest BCUT2D eigenvalue weighted by atomic mass is 9.86. The SMILES string of the molecule is OCC1(NCc2cccc(OCC3CCC3)c2)Cc2ccccc2C1. The minimum atomic E-state index is -0.244. The van der Waals surface area contributed by atoms with Crippen molar-refractivity contribution in [2.75, 3.05) is 13.2 Å². The highest BCUT2D eigenvalue weighted by molar-refractivity contribution is 5.37. The van der Waals surface area contributed by atoms with E-state index in [0.29, 0.717) is 0 Å². The lowest BCUT2D eigenvalue weighted by Crippen LogP contribution is -2.49. The second-order valence-electron chi connectivity index (χ2n) is 7.67. The third-order valence-electron chi connectivity index (χ3n) is 5.76. The summed E-state index contributed by atoms with van der Waals surface area (Å²) >= 11 is 0. The fourth-order valence-corrected chi connectivity index (χ4v) is 3.90. The molecule has 0 atom stereocenters. The van der Waals surface area contributed by atoms with Crippen molar-refractivity contribution in [3.05, 3.63) is 65.2 Å². The Morgan fingerprint density at radius 2 is 1.80 bits per heavy atom.